The number of aromatic nitrogens is 1. The maximum Gasteiger partial charge on any atom is 0.412 e. The fourth-order valence-corrected chi connectivity index (χ4v) is 1.74. The number of anilines is 3. The molecular formula is C17H18N4O2. The number of ether oxygens (including phenoxy) is 1. The minimum Gasteiger partial charge on any atom is -0.444 e. The van der Waals surface area contributed by atoms with E-state index in [1.165, 1.54) is 6.20 Å². The van der Waals surface area contributed by atoms with E-state index in [9.17, 15) is 4.79 Å². The van der Waals surface area contributed by atoms with Gasteiger partial charge in [-0.2, -0.15) is 5.26 Å². The third kappa shape index (κ3) is 5.32. The lowest BCUT2D eigenvalue weighted by molar-refractivity contribution is 0.0636. The van der Waals surface area contributed by atoms with Gasteiger partial charge in [0.1, 0.15) is 11.4 Å². The van der Waals surface area contributed by atoms with E-state index < -0.39 is 11.7 Å². The lowest BCUT2D eigenvalue weighted by Crippen LogP contribution is -2.27. The summed E-state index contributed by atoms with van der Waals surface area (Å²) in [5.74, 6) is 0.629. The zero-order chi connectivity index (χ0) is 16.9. The van der Waals surface area contributed by atoms with Gasteiger partial charge in [-0.05, 0) is 57.2 Å². The number of amides is 1. The third-order valence-corrected chi connectivity index (χ3v) is 2.70. The van der Waals surface area contributed by atoms with E-state index in [2.05, 4.69) is 21.7 Å². The summed E-state index contributed by atoms with van der Waals surface area (Å²) in [5.41, 5.74) is 1.42. The third-order valence-electron chi connectivity index (χ3n) is 2.70. The van der Waals surface area contributed by atoms with Crippen LogP contribution in [0.1, 0.15) is 26.3 Å². The number of benzene rings is 1. The highest BCUT2D eigenvalue weighted by atomic mass is 16.6. The van der Waals surface area contributed by atoms with Crippen LogP contribution in [0.5, 0.6) is 0 Å². The molecule has 0 aliphatic heterocycles. The van der Waals surface area contributed by atoms with E-state index >= 15 is 0 Å². The van der Waals surface area contributed by atoms with Gasteiger partial charge in [-0.1, -0.05) is 0 Å². The second kappa shape index (κ2) is 6.79. The Morgan fingerprint density at radius 2 is 1.78 bits per heavy atom. The molecule has 1 aromatic heterocycles. The molecule has 0 atom stereocenters. The molecule has 0 unspecified atom stereocenters. The maximum absolute atomic E-state index is 11.7. The number of nitrogens with zero attached hydrogens (tertiary/aromatic N) is 2. The Labute approximate surface area is 135 Å². The van der Waals surface area contributed by atoms with Gasteiger partial charge in [-0.3, -0.25) is 5.32 Å². The highest BCUT2D eigenvalue weighted by molar-refractivity contribution is 5.84. The second-order valence-corrected chi connectivity index (χ2v) is 5.87. The Balaban J connectivity index is 1.96. The molecule has 2 rings (SSSR count). The maximum atomic E-state index is 11.7. The van der Waals surface area contributed by atoms with Gasteiger partial charge in [0.05, 0.1) is 23.5 Å². The van der Waals surface area contributed by atoms with Crippen molar-refractivity contribution < 1.29 is 9.53 Å². The van der Waals surface area contributed by atoms with Gasteiger partial charge in [-0.25, -0.2) is 9.78 Å². The monoisotopic (exact) mass is 310 g/mol. The van der Waals surface area contributed by atoms with Crippen LogP contribution in [-0.4, -0.2) is 16.7 Å². The molecule has 1 aromatic carbocycles. The van der Waals surface area contributed by atoms with Gasteiger partial charge < -0.3 is 10.1 Å². The van der Waals surface area contributed by atoms with Crippen LogP contribution in [0, 0.1) is 11.3 Å². The van der Waals surface area contributed by atoms with Crippen LogP contribution >= 0.6 is 0 Å². The largest absolute Gasteiger partial charge is 0.444 e. The molecule has 1 amide bonds. The first kappa shape index (κ1) is 16.3. The molecule has 2 N–H and O–H groups in total. The highest BCUT2D eigenvalue weighted by Gasteiger charge is 2.16. The average Bonchev–Trinajstić information content (AvgIpc) is 2.48. The van der Waals surface area contributed by atoms with Crippen molar-refractivity contribution in [3.8, 4) is 6.07 Å². The quantitative estimate of drug-likeness (QED) is 0.893. The lowest BCUT2D eigenvalue weighted by atomic mass is 10.2. The molecule has 0 radical (unpaired) electrons. The van der Waals surface area contributed by atoms with E-state index in [0.29, 0.717) is 17.1 Å². The molecule has 0 aliphatic carbocycles. The first-order valence-corrected chi connectivity index (χ1v) is 7.09. The van der Waals surface area contributed by atoms with Crippen LogP contribution in [0.2, 0.25) is 0 Å². The Morgan fingerprint density at radius 1 is 1.13 bits per heavy atom. The molecule has 23 heavy (non-hydrogen) atoms. The van der Waals surface area contributed by atoms with Crippen LogP contribution in [0.4, 0.5) is 22.0 Å². The first-order valence-electron chi connectivity index (χ1n) is 7.09. The van der Waals surface area contributed by atoms with Crippen LogP contribution in [-0.2, 0) is 4.74 Å². The number of nitriles is 1. The topological polar surface area (TPSA) is 87.0 Å². The van der Waals surface area contributed by atoms with Gasteiger partial charge in [0, 0.05) is 5.69 Å². The van der Waals surface area contributed by atoms with Crippen LogP contribution < -0.4 is 10.6 Å². The molecular weight excluding hydrogens is 292 g/mol. The minimum absolute atomic E-state index is 0.521. The van der Waals surface area contributed by atoms with Gasteiger partial charge in [-0.15, -0.1) is 0 Å². The molecule has 0 saturated heterocycles. The number of nitrogens with one attached hydrogen (secondary N) is 2. The van der Waals surface area contributed by atoms with E-state index in [1.807, 2.05) is 0 Å². The number of carbonyl (C=O) groups excluding carboxylic acids is 1. The predicted molar refractivity (Wildman–Crippen MR) is 88.5 cm³/mol. The summed E-state index contributed by atoms with van der Waals surface area (Å²) in [6.07, 6.45) is 1.02. The van der Waals surface area contributed by atoms with Crippen molar-refractivity contribution in [1.82, 2.24) is 4.98 Å². The van der Waals surface area contributed by atoms with Crippen molar-refractivity contribution in [3.05, 3.63) is 48.2 Å². The number of carbonyl (C=O) groups is 1. The summed E-state index contributed by atoms with van der Waals surface area (Å²) in [5, 5.41) is 14.5. The molecule has 0 aliphatic rings. The number of hydrogen-bond acceptors (Lipinski definition) is 5. The van der Waals surface area contributed by atoms with Crippen LogP contribution in [0.15, 0.2) is 42.6 Å². The fourth-order valence-electron chi connectivity index (χ4n) is 1.74. The van der Waals surface area contributed by atoms with Gasteiger partial charge in [0.15, 0.2) is 0 Å². The smallest absolute Gasteiger partial charge is 0.412 e. The Hall–Kier alpha value is -3.07. The van der Waals surface area contributed by atoms with Gasteiger partial charge >= 0.3 is 6.09 Å². The first-order chi connectivity index (χ1) is 10.9. The molecule has 0 fully saturated rings. The van der Waals surface area contributed by atoms with Crippen molar-refractivity contribution in [2.45, 2.75) is 26.4 Å². The average molecular weight is 310 g/mol. The van der Waals surface area contributed by atoms with Crippen molar-refractivity contribution in [1.29, 1.82) is 5.26 Å². The Bertz CT molecular complexity index is 710. The molecule has 1 heterocycles. The van der Waals surface area contributed by atoms with E-state index in [1.54, 1.807) is 57.2 Å². The molecule has 0 spiro atoms. The summed E-state index contributed by atoms with van der Waals surface area (Å²) >= 11 is 0. The number of rotatable bonds is 3. The Morgan fingerprint density at radius 3 is 2.30 bits per heavy atom. The minimum atomic E-state index is -0.547. The normalized spacial score (nSPS) is 10.5. The van der Waals surface area contributed by atoms with Crippen LogP contribution in [0.3, 0.4) is 0 Å². The molecule has 0 bridgehead atoms. The molecule has 2 aromatic rings. The highest BCUT2D eigenvalue weighted by Crippen LogP contribution is 2.17. The summed E-state index contributed by atoms with van der Waals surface area (Å²) in [6, 6.07) is 12.6. The summed E-state index contributed by atoms with van der Waals surface area (Å²) < 4.78 is 5.17. The number of pyridine rings is 1. The van der Waals surface area contributed by atoms with Crippen molar-refractivity contribution in [2.24, 2.45) is 0 Å². The van der Waals surface area contributed by atoms with E-state index in [4.69, 9.17) is 10.00 Å². The standard InChI is InChI=1S/C17H18N4O2/c1-17(2,3)23-16(22)21-14-8-9-15(19-11-14)20-13-6-4-12(10-18)5-7-13/h4-9,11H,1-3H3,(H,19,20)(H,21,22). The van der Waals surface area contributed by atoms with Crippen molar-refractivity contribution in [3.63, 3.8) is 0 Å². The predicted octanol–water partition coefficient (Wildman–Crippen LogP) is 4.04. The van der Waals surface area contributed by atoms with Crippen molar-refractivity contribution >= 4 is 23.3 Å². The molecule has 0 saturated carbocycles. The summed E-state index contributed by atoms with van der Waals surface area (Å²) in [6.45, 7) is 5.40. The molecule has 118 valence electrons. The number of hydrogen-bond donors (Lipinski definition) is 2. The van der Waals surface area contributed by atoms with E-state index in [-0.39, 0.29) is 0 Å². The molecule has 6 heteroatoms. The summed E-state index contributed by atoms with van der Waals surface area (Å²) in [4.78, 5) is 15.9. The zero-order valence-electron chi connectivity index (χ0n) is 13.3. The zero-order valence-corrected chi connectivity index (χ0v) is 13.3. The van der Waals surface area contributed by atoms with Crippen molar-refractivity contribution in [2.75, 3.05) is 10.6 Å². The second-order valence-electron chi connectivity index (χ2n) is 5.87. The van der Waals surface area contributed by atoms with E-state index in [0.717, 1.165) is 5.69 Å². The molecule has 6 nitrogen and oxygen atoms in total. The lowest BCUT2D eigenvalue weighted by Gasteiger charge is -2.19. The van der Waals surface area contributed by atoms with Crippen LogP contribution in [0.25, 0.3) is 0 Å². The fraction of sp³-hybridized carbons (Fsp3) is 0.235. The SMILES string of the molecule is CC(C)(C)OC(=O)Nc1ccc(Nc2ccc(C#N)cc2)nc1. The van der Waals surface area contributed by atoms with Gasteiger partial charge in [0.2, 0.25) is 0 Å². The summed E-state index contributed by atoms with van der Waals surface area (Å²) in [7, 11) is 0. The van der Waals surface area contributed by atoms with Gasteiger partial charge in [0.25, 0.3) is 0 Å². The Kier molecular flexibility index (Phi) is 4.82.